The molecule has 0 radical (unpaired) electrons. The summed E-state index contributed by atoms with van der Waals surface area (Å²) in [6.45, 7) is 12.0. The van der Waals surface area contributed by atoms with Crippen molar-refractivity contribution in [3.05, 3.63) is 0 Å². The van der Waals surface area contributed by atoms with Crippen LogP contribution in [0.4, 0.5) is 0 Å². The van der Waals surface area contributed by atoms with Gasteiger partial charge in [0.25, 0.3) is 0 Å². The molecule has 0 aromatic carbocycles. The molecule has 0 aromatic heterocycles. The quantitative estimate of drug-likeness (QED) is 0.0222. The molecule has 0 saturated heterocycles. The number of phosphoric ester groups is 2. The molecule has 19 heteroatoms. The summed E-state index contributed by atoms with van der Waals surface area (Å²) in [4.78, 5) is 73.1. The lowest BCUT2D eigenvalue weighted by molar-refractivity contribution is -0.161. The minimum absolute atomic E-state index is 0.108. The van der Waals surface area contributed by atoms with Crippen LogP contribution in [0, 0.1) is 17.8 Å². The number of hydrogen-bond donors (Lipinski definition) is 3. The molecule has 0 rings (SSSR count). The van der Waals surface area contributed by atoms with Crippen LogP contribution in [0.3, 0.4) is 0 Å². The number of hydrogen-bond acceptors (Lipinski definition) is 15. The number of esters is 4. The van der Waals surface area contributed by atoms with E-state index in [1.165, 1.54) is 257 Å². The van der Waals surface area contributed by atoms with Gasteiger partial charge in [-0.3, -0.25) is 37.3 Å². The van der Waals surface area contributed by atoms with E-state index in [0.717, 1.165) is 114 Å². The number of aliphatic hydroxyl groups is 1. The third kappa shape index (κ3) is 79.9. The fourth-order valence-corrected chi connectivity index (χ4v) is 14.9. The molecule has 0 aliphatic rings. The summed E-state index contributed by atoms with van der Waals surface area (Å²) >= 11 is 0. The lowest BCUT2D eigenvalue weighted by Crippen LogP contribution is -2.30. The van der Waals surface area contributed by atoms with E-state index in [1.54, 1.807) is 0 Å². The summed E-state index contributed by atoms with van der Waals surface area (Å²) in [7, 11) is -9.92. The molecule has 5 atom stereocenters. The molecule has 624 valence electrons. The monoisotopic (exact) mass is 1540 g/mol. The Balaban J connectivity index is 5.19. The molecule has 0 heterocycles. The molecule has 0 fully saturated rings. The van der Waals surface area contributed by atoms with E-state index >= 15 is 0 Å². The molecule has 17 nitrogen and oxygen atoms in total. The Labute approximate surface area is 645 Å². The molecular weight excluding hydrogens is 1370 g/mol. The summed E-state index contributed by atoms with van der Waals surface area (Å²) in [6, 6.07) is 0. The highest BCUT2D eigenvalue weighted by Crippen LogP contribution is 2.45. The van der Waals surface area contributed by atoms with Crippen molar-refractivity contribution in [2.45, 2.75) is 471 Å². The fourth-order valence-electron chi connectivity index (χ4n) is 13.4. The second kappa shape index (κ2) is 76.1. The van der Waals surface area contributed by atoms with Crippen molar-refractivity contribution >= 4 is 39.5 Å². The van der Waals surface area contributed by atoms with Crippen LogP contribution in [0.2, 0.25) is 0 Å². The highest BCUT2D eigenvalue weighted by atomic mass is 31.2. The first-order valence-electron chi connectivity index (χ1n) is 44.3. The molecule has 105 heavy (non-hydrogen) atoms. The zero-order chi connectivity index (χ0) is 77.2. The van der Waals surface area contributed by atoms with Crippen LogP contribution in [0.5, 0.6) is 0 Å². The second-order valence-electron chi connectivity index (χ2n) is 32.4. The van der Waals surface area contributed by atoms with Crippen molar-refractivity contribution < 1.29 is 80.2 Å². The van der Waals surface area contributed by atoms with E-state index in [9.17, 15) is 43.2 Å². The largest absolute Gasteiger partial charge is 0.472 e. The van der Waals surface area contributed by atoms with E-state index in [0.29, 0.717) is 25.7 Å². The van der Waals surface area contributed by atoms with Gasteiger partial charge >= 0.3 is 39.5 Å². The Morgan fingerprint density at radius 3 is 0.648 bits per heavy atom. The van der Waals surface area contributed by atoms with Crippen molar-refractivity contribution in [2.75, 3.05) is 39.6 Å². The first-order valence-corrected chi connectivity index (χ1v) is 47.3. The zero-order valence-corrected chi connectivity index (χ0v) is 71.0. The third-order valence-electron chi connectivity index (χ3n) is 20.1. The molecule has 0 bridgehead atoms. The average Bonchev–Trinajstić information content (AvgIpc) is 0.908. The van der Waals surface area contributed by atoms with Crippen molar-refractivity contribution in [3.63, 3.8) is 0 Å². The standard InChI is InChI=1S/C86H168O17P2/c1-8-9-10-11-12-46-53-60-67-83(88)96-73-81(102-85(90)69-63-56-49-42-36-30-24-18-21-27-33-39-45-52-59-66-79(6)7)75-100-104(92,93)98-71-80(87)72-99-105(94,95)101-76-82(74-97-84(89)68-61-54-47-40-34-28-23-17-20-26-32-38-44-51-58-65-78(4)5)103-86(91)70-62-55-48-41-35-29-22-16-14-13-15-19-25-31-37-43-50-57-64-77(2)3/h77-82,87H,8-76H2,1-7H3,(H,92,93)(H,94,95)/t80-,81+,82+/m0/s1. The molecule has 3 N–H and O–H groups in total. The second-order valence-corrected chi connectivity index (χ2v) is 35.3. The Bertz CT molecular complexity index is 2030. The zero-order valence-electron chi connectivity index (χ0n) is 69.2. The van der Waals surface area contributed by atoms with Crippen molar-refractivity contribution in [3.8, 4) is 0 Å². The number of carbonyl (C=O) groups excluding carboxylic acids is 4. The van der Waals surface area contributed by atoms with Crippen molar-refractivity contribution in [1.82, 2.24) is 0 Å². The normalized spacial score (nSPS) is 13.9. The minimum atomic E-state index is -4.97. The fraction of sp³-hybridized carbons (Fsp3) is 0.953. The molecule has 0 aromatic rings. The first kappa shape index (κ1) is 103. The molecule has 0 amide bonds. The first-order chi connectivity index (χ1) is 50.7. The van der Waals surface area contributed by atoms with Crippen LogP contribution in [0.25, 0.3) is 0 Å². The van der Waals surface area contributed by atoms with Gasteiger partial charge in [0.05, 0.1) is 26.4 Å². The van der Waals surface area contributed by atoms with E-state index in [-0.39, 0.29) is 25.7 Å². The van der Waals surface area contributed by atoms with Crippen molar-refractivity contribution in [1.29, 1.82) is 0 Å². The Morgan fingerprint density at radius 1 is 0.257 bits per heavy atom. The maximum atomic E-state index is 13.1. The topological polar surface area (TPSA) is 237 Å². The SMILES string of the molecule is CCCCCCCCCCC(=O)OC[C@H](COP(=O)(O)OC[C@H](O)COP(=O)(O)OC[C@@H](COC(=O)CCCCCCCCCCCCCCCCCC(C)C)OC(=O)CCCCCCCCCCCCCCCCCCCCC(C)C)OC(=O)CCCCCCCCCCCCCCCCCC(C)C. The number of carbonyl (C=O) groups is 4. The van der Waals surface area contributed by atoms with Gasteiger partial charge in [-0.05, 0) is 43.4 Å². The van der Waals surface area contributed by atoms with Gasteiger partial charge in [0.2, 0.25) is 0 Å². The smallest absolute Gasteiger partial charge is 0.462 e. The van der Waals surface area contributed by atoms with E-state index in [2.05, 4.69) is 48.5 Å². The van der Waals surface area contributed by atoms with Crippen LogP contribution in [-0.2, 0) is 65.4 Å². The summed E-state index contributed by atoms with van der Waals surface area (Å²) in [5, 5.41) is 10.7. The van der Waals surface area contributed by atoms with Gasteiger partial charge < -0.3 is 33.8 Å². The van der Waals surface area contributed by atoms with Crippen LogP contribution in [0.1, 0.15) is 453 Å². The molecule has 0 spiro atoms. The van der Waals surface area contributed by atoms with E-state index in [1.807, 2.05) is 0 Å². The molecule has 0 saturated carbocycles. The van der Waals surface area contributed by atoms with Gasteiger partial charge in [0.15, 0.2) is 12.2 Å². The van der Waals surface area contributed by atoms with E-state index < -0.39 is 97.5 Å². The highest BCUT2D eigenvalue weighted by molar-refractivity contribution is 7.47. The van der Waals surface area contributed by atoms with Crippen LogP contribution in [-0.4, -0.2) is 96.7 Å². The summed E-state index contributed by atoms with van der Waals surface area (Å²) in [5.41, 5.74) is 0. The molecule has 2 unspecified atom stereocenters. The van der Waals surface area contributed by atoms with Crippen LogP contribution < -0.4 is 0 Å². The maximum absolute atomic E-state index is 13.1. The predicted octanol–water partition coefficient (Wildman–Crippen LogP) is 26.1. The van der Waals surface area contributed by atoms with Gasteiger partial charge in [-0.25, -0.2) is 9.13 Å². The van der Waals surface area contributed by atoms with Crippen LogP contribution in [0.15, 0.2) is 0 Å². The van der Waals surface area contributed by atoms with Crippen molar-refractivity contribution in [2.24, 2.45) is 17.8 Å². The van der Waals surface area contributed by atoms with Crippen LogP contribution >= 0.6 is 15.6 Å². The molecular formula is C86H168O17P2. The Morgan fingerprint density at radius 2 is 0.438 bits per heavy atom. The predicted molar refractivity (Wildman–Crippen MR) is 432 cm³/mol. The Hall–Kier alpha value is -1.94. The summed E-state index contributed by atoms with van der Waals surface area (Å²) in [6.07, 6.45) is 66.7. The number of aliphatic hydroxyl groups excluding tert-OH is 1. The summed E-state index contributed by atoms with van der Waals surface area (Å²) in [5.74, 6) is 0.323. The lowest BCUT2D eigenvalue weighted by Gasteiger charge is -2.21. The molecule has 0 aliphatic carbocycles. The summed E-state index contributed by atoms with van der Waals surface area (Å²) < 4.78 is 68.8. The third-order valence-corrected chi connectivity index (χ3v) is 22.0. The maximum Gasteiger partial charge on any atom is 0.472 e. The van der Waals surface area contributed by atoms with Gasteiger partial charge in [-0.2, -0.15) is 0 Å². The van der Waals surface area contributed by atoms with Gasteiger partial charge in [0, 0.05) is 25.7 Å². The Kier molecular flexibility index (Phi) is 74.7. The highest BCUT2D eigenvalue weighted by Gasteiger charge is 2.30. The van der Waals surface area contributed by atoms with Gasteiger partial charge in [-0.1, -0.05) is 402 Å². The van der Waals surface area contributed by atoms with Gasteiger partial charge in [-0.15, -0.1) is 0 Å². The number of phosphoric acid groups is 2. The van der Waals surface area contributed by atoms with E-state index in [4.69, 9.17) is 37.0 Å². The average molecular weight is 1540 g/mol. The lowest BCUT2D eigenvalue weighted by atomic mass is 10.0. The number of ether oxygens (including phenoxy) is 4. The molecule has 0 aliphatic heterocycles. The minimum Gasteiger partial charge on any atom is -0.462 e. The van der Waals surface area contributed by atoms with Gasteiger partial charge in [0.1, 0.15) is 19.3 Å². The number of rotatable bonds is 84. The number of unbranched alkanes of at least 4 members (excludes halogenated alkanes) is 52.